The van der Waals surface area contributed by atoms with Crippen molar-refractivity contribution < 1.29 is 4.79 Å². The van der Waals surface area contributed by atoms with E-state index in [4.69, 9.17) is 11.6 Å². The van der Waals surface area contributed by atoms with Gasteiger partial charge in [0, 0.05) is 20.0 Å². The summed E-state index contributed by atoms with van der Waals surface area (Å²) in [7, 11) is 1.72. The Hall–Kier alpha value is -0.570. The summed E-state index contributed by atoms with van der Waals surface area (Å²) < 4.78 is 0. The van der Waals surface area contributed by atoms with Gasteiger partial charge < -0.3 is 0 Å². The first-order valence-electron chi connectivity index (χ1n) is 4.11. The highest BCUT2D eigenvalue weighted by Gasteiger charge is 2.20. The second-order valence-electron chi connectivity index (χ2n) is 2.78. The van der Waals surface area contributed by atoms with Gasteiger partial charge in [-0.3, -0.25) is 14.7 Å². The van der Waals surface area contributed by atoms with Crippen LogP contribution < -0.4 is 0 Å². The van der Waals surface area contributed by atoms with Crippen molar-refractivity contribution in [3.05, 3.63) is 0 Å². The molecule has 0 spiro atoms. The molecule has 12 heavy (non-hydrogen) atoms. The standard InChI is InChI=1S/C8H13ClN2O/c1-10-7-4-2-3-5-11(7)8(12)6-9/h2-6H2,1H3. The number of hydrogen-bond acceptors (Lipinski definition) is 2. The van der Waals surface area contributed by atoms with Crippen LogP contribution in [0.25, 0.3) is 0 Å². The minimum Gasteiger partial charge on any atom is -0.300 e. The van der Waals surface area contributed by atoms with Crippen molar-refractivity contribution in [3.8, 4) is 0 Å². The largest absolute Gasteiger partial charge is 0.300 e. The van der Waals surface area contributed by atoms with E-state index in [2.05, 4.69) is 4.99 Å². The van der Waals surface area contributed by atoms with Crippen molar-refractivity contribution >= 4 is 23.3 Å². The van der Waals surface area contributed by atoms with E-state index in [9.17, 15) is 4.79 Å². The zero-order chi connectivity index (χ0) is 8.97. The third-order valence-corrected chi connectivity index (χ3v) is 2.25. The van der Waals surface area contributed by atoms with Gasteiger partial charge in [0.2, 0.25) is 5.91 Å². The van der Waals surface area contributed by atoms with E-state index >= 15 is 0 Å². The van der Waals surface area contributed by atoms with E-state index < -0.39 is 0 Å². The molecule has 0 aromatic carbocycles. The Kier molecular flexibility index (Phi) is 3.53. The van der Waals surface area contributed by atoms with Crippen LogP contribution in [0.1, 0.15) is 19.3 Å². The number of carbonyl (C=O) groups is 1. The van der Waals surface area contributed by atoms with Crippen molar-refractivity contribution in [1.82, 2.24) is 4.90 Å². The van der Waals surface area contributed by atoms with Crippen LogP contribution in [0.5, 0.6) is 0 Å². The Morgan fingerprint density at radius 1 is 1.67 bits per heavy atom. The molecule has 1 rings (SSSR count). The predicted molar refractivity (Wildman–Crippen MR) is 49.6 cm³/mol. The van der Waals surface area contributed by atoms with Crippen molar-refractivity contribution in [1.29, 1.82) is 0 Å². The van der Waals surface area contributed by atoms with Crippen LogP contribution in [-0.4, -0.2) is 36.1 Å². The number of likely N-dealkylation sites (tertiary alicyclic amines) is 1. The molecule has 0 unspecified atom stereocenters. The molecular weight excluding hydrogens is 176 g/mol. The Morgan fingerprint density at radius 2 is 2.42 bits per heavy atom. The molecule has 1 heterocycles. The lowest BCUT2D eigenvalue weighted by Gasteiger charge is -2.27. The van der Waals surface area contributed by atoms with Crippen LogP contribution in [0.4, 0.5) is 0 Å². The van der Waals surface area contributed by atoms with E-state index in [1.165, 1.54) is 0 Å². The summed E-state index contributed by atoms with van der Waals surface area (Å²) in [6, 6.07) is 0. The summed E-state index contributed by atoms with van der Waals surface area (Å²) in [5.74, 6) is 0.905. The fourth-order valence-electron chi connectivity index (χ4n) is 1.39. The van der Waals surface area contributed by atoms with Crippen LogP contribution in [0.3, 0.4) is 0 Å². The van der Waals surface area contributed by atoms with Gasteiger partial charge in [0.15, 0.2) is 0 Å². The number of rotatable bonds is 1. The van der Waals surface area contributed by atoms with E-state index in [1.807, 2.05) is 0 Å². The normalized spacial score (nSPS) is 21.5. The molecule has 1 aliphatic heterocycles. The predicted octanol–water partition coefficient (Wildman–Crippen LogP) is 1.27. The molecule has 1 amide bonds. The lowest BCUT2D eigenvalue weighted by Crippen LogP contribution is -2.41. The number of piperidine rings is 1. The molecular formula is C8H13ClN2O. The van der Waals surface area contributed by atoms with Gasteiger partial charge in [-0.15, -0.1) is 11.6 Å². The zero-order valence-electron chi connectivity index (χ0n) is 7.22. The fraction of sp³-hybridized carbons (Fsp3) is 0.750. The van der Waals surface area contributed by atoms with Crippen LogP contribution in [0, 0.1) is 0 Å². The quantitative estimate of drug-likeness (QED) is 0.571. The number of hydrogen-bond donors (Lipinski definition) is 0. The number of nitrogens with zero attached hydrogens (tertiary/aromatic N) is 2. The maximum absolute atomic E-state index is 11.2. The molecule has 68 valence electrons. The van der Waals surface area contributed by atoms with E-state index in [0.29, 0.717) is 0 Å². The Morgan fingerprint density at radius 3 is 3.00 bits per heavy atom. The number of alkyl halides is 1. The molecule has 1 fully saturated rings. The van der Waals surface area contributed by atoms with E-state index in [1.54, 1.807) is 11.9 Å². The first kappa shape index (κ1) is 9.52. The first-order chi connectivity index (χ1) is 5.79. The molecule has 0 aliphatic carbocycles. The highest BCUT2D eigenvalue weighted by Crippen LogP contribution is 2.12. The number of halogens is 1. The van der Waals surface area contributed by atoms with Crippen LogP contribution in [-0.2, 0) is 4.79 Å². The minimum absolute atomic E-state index is 0.0306. The van der Waals surface area contributed by atoms with Crippen molar-refractivity contribution in [2.45, 2.75) is 19.3 Å². The smallest absolute Gasteiger partial charge is 0.242 e. The van der Waals surface area contributed by atoms with Gasteiger partial charge in [-0.1, -0.05) is 0 Å². The van der Waals surface area contributed by atoms with Crippen molar-refractivity contribution in [3.63, 3.8) is 0 Å². The first-order valence-corrected chi connectivity index (χ1v) is 4.65. The van der Waals surface area contributed by atoms with Gasteiger partial charge >= 0.3 is 0 Å². The average Bonchev–Trinajstić information content (AvgIpc) is 2.16. The minimum atomic E-state index is -0.0306. The van der Waals surface area contributed by atoms with Gasteiger partial charge in [0.1, 0.15) is 11.7 Å². The lowest BCUT2D eigenvalue weighted by atomic mass is 10.1. The van der Waals surface area contributed by atoms with E-state index in [-0.39, 0.29) is 11.8 Å². The summed E-state index contributed by atoms with van der Waals surface area (Å²) in [5.41, 5.74) is 0. The SMILES string of the molecule is CN=C1CCCCN1C(=O)CCl. The van der Waals surface area contributed by atoms with Gasteiger partial charge in [-0.05, 0) is 12.8 Å². The fourth-order valence-corrected chi connectivity index (χ4v) is 1.53. The highest BCUT2D eigenvalue weighted by atomic mass is 35.5. The monoisotopic (exact) mass is 188 g/mol. The van der Waals surface area contributed by atoms with Crippen LogP contribution in [0.2, 0.25) is 0 Å². The molecule has 0 aromatic rings. The lowest BCUT2D eigenvalue weighted by molar-refractivity contribution is -0.125. The molecule has 0 N–H and O–H groups in total. The topological polar surface area (TPSA) is 32.7 Å². The Labute approximate surface area is 77.4 Å². The third kappa shape index (κ3) is 1.97. The summed E-state index contributed by atoms with van der Waals surface area (Å²) in [4.78, 5) is 17.0. The maximum atomic E-state index is 11.2. The molecule has 3 nitrogen and oxygen atoms in total. The van der Waals surface area contributed by atoms with Crippen LogP contribution >= 0.6 is 11.6 Å². The maximum Gasteiger partial charge on any atom is 0.242 e. The second kappa shape index (κ2) is 4.45. The number of amidine groups is 1. The molecule has 0 saturated carbocycles. The average molecular weight is 189 g/mol. The number of aliphatic imine (C=N–C) groups is 1. The van der Waals surface area contributed by atoms with Crippen LogP contribution in [0.15, 0.2) is 4.99 Å². The number of carbonyl (C=O) groups excluding carboxylic acids is 1. The summed E-state index contributed by atoms with van der Waals surface area (Å²) in [6.07, 6.45) is 3.08. The van der Waals surface area contributed by atoms with Crippen molar-refractivity contribution in [2.75, 3.05) is 19.5 Å². The van der Waals surface area contributed by atoms with Crippen molar-refractivity contribution in [2.24, 2.45) is 4.99 Å². The molecule has 1 aliphatic rings. The van der Waals surface area contributed by atoms with Gasteiger partial charge in [0.05, 0.1) is 0 Å². The second-order valence-corrected chi connectivity index (χ2v) is 3.04. The summed E-state index contributed by atoms with van der Waals surface area (Å²) in [6.45, 7) is 0.776. The van der Waals surface area contributed by atoms with E-state index in [0.717, 1.165) is 31.6 Å². The number of amides is 1. The molecule has 0 aromatic heterocycles. The molecule has 0 radical (unpaired) electrons. The molecule has 1 saturated heterocycles. The third-order valence-electron chi connectivity index (χ3n) is 2.02. The molecule has 0 bridgehead atoms. The van der Waals surface area contributed by atoms with Gasteiger partial charge in [0.25, 0.3) is 0 Å². The Balaban J connectivity index is 2.65. The molecule has 0 atom stereocenters. The van der Waals surface area contributed by atoms with Gasteiger partial charge in [-0.2, -0.15) is 0 Å². The highest BCUT2D eigenvalue weighted by molar-refractivity contribution is 6.28. The van der Waals surface area contributed by atoms with Gasteiger partial charge in [-0.25, -0.2) is 0 Å². The summed E-state index contributed by atoms with van der Waals surface area (Å²) in [5, 5.41) is 0. The Bertz CT molecular complexity index is 203. The summed E-state index contributed by atoms with van der Waals surface area (Å²) >= 11 is 5.46. The zero-order valence-corrected chi connectivity index (χ0v) is 7.97. The molecule has 4 heteroatoms.